The second-order valence-electron chi connectivity index (χ2n) is 2.01. The van der Waals surface area contributed by atoms with Crippen molar-refractivity contribution in [2.24, 2.45) is 0 Å². The first-order valence-corrected chi connectivity index (χ1v) is 5.60. The van der Waals surface area contributed by atoms with Crippen molar-refractivity contribution in [3.8, 4) is 0 Å². The summed E-state index contributed by atoms with van der Waals surface area (Å²) in [5.41, 5.74) is 0. The minimum absolute atomic E-state index is 0.336. The van der Waals surface area contributed by atoms with Gasteiger partial charge in [-0.1, -0.05) is 0 Å². The van der Waals surface area contributed by atoms with Crippen LogP contribution in [0.2, 0.25) is 5.32 Å². The zero-order chi connectivity index (χ0) is 7.56. The van der Waals surface area contributed by atoms with Gasteiger partial charge in [0.1, 0.15) is 0 Å². The van der Waals surface area contributed by atoms with E-state index in [0.29, 0.717) is 20.9 Å². The van der Waals surface area contributed by atoms with Crippen LogP contribution in [-0.2, 0) is 4.79 Å². The average Bonchev–Trinajstić information content (AvgIpc) is 1.76. The van der Waals surface area contributed by atoms with Gasteiger partial charge in [0.15, 0.2) is 0 Å². The Morgan fingerprint density at radius 1 is 1.90 bits per heavy atom. The Morgan fingerprint density at radius 3 is 2.60 bits per heavy atom. The van der Waals surface area contributed by atoms with Crippen molar-refractivity contribution in [1.82, 2.24) is 3.92 Å². The molecule has 0 radical (unpaired) electrons. The van der Waals surface area contributed by atoms with Crippen molar-refractivity contribution in [3.05, 3.63) is 0 Å². The third-order valence-corrected chi connectivity index (χ3v) is 4.10. The van der Waals surface area contributed by atoms with Crippen LogP contribution in [0.1, 0.15) is 0 Å². The molecule has 0 saturated carbocycles. The molecule has 0 aromatic heterocycles. The van der Waals surface area contributed by atoms with Crippen LogP contribution >= 0.6 is 12.6 Å². The summed E-state index contributed by atoms with van der Waals surface area (Å²) in [6.45, 7) is 0.942. The Labute approximate surface area is 71.6 Å². The first-order chi connectivity index (χ1) is 4.75. The molecule has 1 fully saturated rings. The summed E-state index contributed by atoms with van der Waals surface area (Å²) < 4.78 is 1.99. The van der Waals surface area contributed by atoms with Crippen LogP contribution < -0.4 is 0 Å². The molecule has 1 saturated heterocycles. The van der Waals surface area contributed by atoms with E-state index in [-0.39, 0.29) is 6.04 Å². The van der Waals surface area contributed by atoms with Gasteiger partial charge in [0.05, 0.1) is 0 Å². The van der Waals surface area contributed by atoms with Gasteiger partial charge < -0.3 is 0 Å². The SMILES string of the molecule is O=C(O)C(CS)N1CC[Se]1. The molecule has 10 heavy (non-hydrogen) atoms. The second-order valence-corrected chi connectivity index (χ2v) is 4.76. The van der Waals surface area contributed by atoms with E-state index in [4.69, 9.17) is 5.11 Å². The zero-order valence-electron chi connectivity index (χ0n) is 5.36. The standard InChI is InChI=1S/C5H9NO2SSe/c7-5(8)4(3-9)6-1-2-10-6/h4,9H,1-3H2,(H,7,8). The molecule has 1 rings (SSSR count). The van der Waals surface area contributed by atoms with Gasteiger partial charge in [-0.3, -0.25) is 0 Å². The Bertz CT molecular complexity index is 140. The fourth-order valence-electron chi connectivity index (χ4n) is 0.735. The third-order valence-electron chi connectivity index (χ3n) is 1.37. The normalized spacial score (nSPS) is 21.7. The molecule has 0 aromatic rings. The fourth-order valence-corrected chi connectivity index (χ4v) is 2.88. The van der Waals surface area contributed by atoms with E-state index in [1.807, 2.05) is 3.92 Å². The zero-order valence-corrected chi connectivity index (χ0v) is 7.96. The van der Waals surface area contributed by atoms with Gasteiger partial charge >= 0.3 is 71.2 Å². The monoisotopic (exact) mass is 227 g/mol. The van der Waals surface area contributed by atoms with Gasteiger partial charge in [0.25, 0.3) is 0 Å². The van der Waals surface area contributed by atoms with Gasteiger partial charge in [0, 0.05) is 0 Å². The second kappa shape index (κ2) is 3.62. The molecule has 1 heterocycles. The number of carboxylic acids is 1. The van der Waals surface area contributed by atoms with Crippen LogP contribution in [0.15, 0.2) is 0 Å². The van der Waals surface area contributed by atoms with Gasteiger partial charge in [-0.15, -0.1) is 0 Å². The van der Waals surface area contributed by atoms with E-state index in [1.54, 1.807) is 0 Å². The predicted octanol–water partition coefficient (Wildman–Crippen LogP) is -0.278. The Hall–Kier alpha value is 0.299. The summed E-state index contributed by atoms with van der Waals surface area (Å²) in [7, 11) is 0. The van der Waals surface area contributed by atoms with Crippen LogP contribution in [0.25, 0.3) is 0 Å². The third kappa shape index (κ3) is 1.66. The van der Waals surface area contributed by atoms with Gasteiger partial charge in [-0.25, -0.2) is 0 Å². The number of aliphatic carboxylic acids is 1. The fraction of sp³-hybridized carbons (Fsp3) is 0.800. The number of thiol groups is 1. The summed E-state index contributed by atoms with van der Waals surface area (Å²) in [4.78, 5) is 10.5. The van der Waals surface area contributed by atoms with Crippen LogP contribution in [0.3, 0.4) is 0 Å². The van der Waals surface area contributed by atoms with Gasteiger partial charge in [-0.2, -0.15) is 0 Å². The molecular formula is C5H9NO2SSe. The van der Waals surface area contributed by atoms with E-state index in [1.165, 1.54) is 5.32 Å². The van der Waals surface area contributed by atoms with Crippen molar-refractivity contribution < 1.29 is 9.90 Å². The molecule has 0 bridgehead atoms. The molecule has 1 unspecified atom stereocenters. The Balaban J connectivity index is 2.39. The van der Waals surface area contributed by atoms with Crippen molar-refractivity contribution in [1.29, 1.82) is 0 Å². The predicted molar refractivity (Wildman–Crippen MR) is 42.5 cm³/mol. The first-order valence-electron chi connectivity index (χ1n) is 2.99. The molecule has 0 aromatic carbocycles. The molecule has 0 spiro atoms. The molecule has 1 N–H and O–H groups in total. The molecule has 1 aliphatic rings. The van der Waals surface area contributed by atoms with Crippen LogP contribution in [0.5, 0.6) is 0 Å². The molecule has 1 aliphatic heterocycles. The number of carbonyl (C=O) groups is 1. The summed E-state index contributed by atoms with van der Waals surface area (Å²) in [6.07, 6.45) is 0. The maximum absolute atomic E-state index is 10.5. The molecule has 0 amide bonds. The molecule has 5 heteroatoms. The number of hydrogen-bond donors (Lipinski definition) is 2. The summed E-state index contributed by atoms with van der Waals surface area (Å²) in [6, 6.07) is -0.336. The topological polar surface area (TPSA) is 40.5 Å². The molecule has 0 aliphatic carbocycles. The van der Waals surface area contributed by atoms with Gasteiger partial charge in [0.2, 0.25) is 0 Å². The molecule has 1 atom stereocenters. The number of rotatable bonds is 3. The average molecular weight is 226 g/mol. The summed E-state index contributed by atoms with van der Waals surface area (Å²) in [5.74, 6) is -0.312. The van der Waals surface area contributed by atoms with E-state index < -0.39 is 5.97 Å². The van der Waals surface area contributed by atoms with E-state index in [2.05, 4.69) is 12.6 Å². The molecule has 58 valence electrons. The van der Waals surface area contributed by atoms with E-state index in [0.717, 1.165) is 6.54 Å². The minimum atomic E-state index is -0.739. The first kappa shape index (κ1) is 8.40. The maximum atomic E-state index is 10.5. The Kier molecular flexibility index (Phi) is 3.04. The van der Waals surface area contributed by atoms with Crippen molar-refractivity contribution >= 4 is 33.8 Å². The van der Waals surface area contributed by atoms with Crippen LogP contribution in [0.4, 0.5) is 0 Å². The summed E-state index contributed by atoms with van der Waals surface area (Å²) >= 11 is 4.39. The van der Waals surface area contributed by atoms with Crippen LogP contribution in [0, 0.1) is 0 Å². The van der Waals surface area contributed by atoms with Crippen molar-refractivity contribution in [3.63, 3.8) is 0 Å². The molecule has 3 nitrogen and oxygen atoms in total. The Morgan fingerprint density at radius 2 is 2.50 bits per heavy atom. The van der Waals surface area contributed by atoms with Crippen LogP contribution in [-0.4, -0.2) is 48.5 Å². The van der Waals surface area contributed by atoms with E-state index >= 15 is 0 Å². The van der Waals surface area contributed by atoms with Crippen molar-refractivity contribution in [2.45, 2.75) is 11.4 Å². The number of carboxylic acid groups (broad SMARTS) is 1. The van der Waals surface area contributed by atoms with E-state index in [9.17, 15) is 4.79 Å². The quantitative estimate of drug-likeness (QED) is 0.514. The summed E-state index contributed by atoms with van der Waals surface area (Å²) in [5, 5.41) is 9.81. The van der Waals surface area contributed by atoms with Gasteiger partial charge in [-0.05, 0) is 0 Å². The van der Waals surface area contributed by atoms with Crippen molar-refractivity contribution in [2.75, 3.05) is 12.3 Å². The number of hydrogen-bond acceptors (Lipinski definition) is 3. The number of nitrogens with zero attached hydrogens (tertiary/aromatic N) is 1. The molecular weight excluding hydrogens is 217 g/mol.